The summed E-state index contributed by atoms with van der Waals surface area (Å²) >= 11 is 0. The molecule has 0 aliphatic carbocycles. The number of benzene rings is 1. The van der Waals surface area contributed by atoms with Crippen LogP contribution in [0.3, 0.4) is 0 Å². The van der Waals surface area contributed by atoms with Crippen LogP contribution in [0.15, 0.2) is 12.6 Å². The second-order valence-electron chi connectivity index (χ2n) is 4.93. The number of ether oxygens (including phenoxy) is 2. The van der Waals surface area contributed by atoms with Crippen LogP contribution in [0.4, 0.5) is 20.2 Å². The number of rotatable bonds is 5. The topological polar surface area (TPSA) is 47.7 Å². The number of anilines is 2. The molecule has 1 atom stereocenters. The number of hydrogen-bond donors (Lipinski definition) is 1. The number of nitrogens with zero attached hydrogens (tertiary/aromatic N) is 1. The summed E-state index contributed by atoms with van der Waals surface area (Å²) in [5, 5.41) is 0. The predicted molar refractivity (Wildman–Crippen MR) is 79.1 cm³/mol. The molecule has 6 heteroatoms. The van der Waals surface area contributed by atoms with Gasteiger partial charge >= 0.3 is 0 Å². The van der Waals surface area contributed by atoms with Gasteiger partial charge in [-0.2, -0.15) is 0 Å². The Hall–Kier alpha value is -1.82. The van der Waals surface area contributed by atoms with Crippen molar-refractivity contribution in [1.29, 1.82) is 0 Å². The first kappa shape index (κ1) is 15.6. The lowest BCUT2D eigenvalue weighted by Gasteiger charge is -2.22. The standard InChI is InChI=1S/C15H20F2N2O2/c1-4-21-9(2)13-12(18)7-11(16)15(14(13)17)19-6-5-10(8-19)20-3/h7,10H,2,4-6,8,18H2,1,3H3. The van der Waals surface area contributed by atoms with Gasteiger partial charge in [-0.1, -0.05) is 6.58 Å². The fraction of sp³-hybridized carbons (Fsp3) is 0.467. The van der Waals surface area contributed by atoms with E-state index >= 15 is 0 Å². The lowest BCUT2D eigenvalue weighted by Crippen LogP contribution is -2.25. The largest absolute Gasteiger partial charge is 0.494 e. The molecule has 0 aromatic heterocycles. The fourth-order valence-corrected chi connectivity index (χ4v) is 2.57. The van der Waals surface area contributed by atoms with Crippen molar-refractivity contribution in [2.75, 3.05) is 37.4 Å². The van der Waals surface area contributed by atoms with E-state index in [2.05, 4.69) is 6.58 Å². The maximum absolute atomic E-state index is 14.7. The SMILES string of the molecule is C=C(OCC)c1c(N)cc(F)c(N2CCC(OC)C2)c1F. The van der Waals surface area contributed by atoms with E-state index in [1.807, 2.05) is 0 Å². The molecule has 116 valence electrons. The van der Waals surface area contributed by atoms with Gasteiger partial charge < -0.3 is 20.1 Å². The van der Waals surface area contributed by atoms with Crippen LogP contribution in [-0.4, -0.2) is 32.9 Å². The van der Waals surface area contributed by atoms with Crippen molar-refractivity contribution < 1.29 is 18.3 Å². The van der Waals surface area contributed by atoms with Gasteiger partial charge in [-0.25, -0.2) is 8.78 Å². The van der Waals surface area contributed by atoms with Crippen LogP contribution in [0.1, 0.15) is 18.9 Å². The van der Waals surface area contributed by atoms with Gasteiger partial charge in [-0.05, 0) is 19.4 Å². The molecule has 4 nitrogen and oxygen atoms in total. The van der Waals surface area contributed by atoms with Crippen molar-refractivity contribution in [3.63, 3.8) is 0 Å². The van der Waals surface area contributed by atoms with Crippen molar-refractivity contribution in [1.82, 2.24) is 0 Å². The zero-order chi connectivity index (χ0) is 15.6. The van der Waals surface area contributed by atoms with E-state index in [4.69, 9.17) is 15.2 Å². The molecule has 1 fully saturated rings. The summed E-state index contributed by atoms with van der Waals surface area (Å²) in [5.74, 6) is -1.31. The Kier molecular flexibility index (Phi) is 4.67. The molecule has 1 aromatic rings. The monoisotopic (exact) mass is 298 g/mol. The Bertz CT molecular complexity index is 549. The molecular formula is C15H20F2N2O2. The van der Waals surface area contributed by atoms with Crippen molar-refractivity contribution in [2.24, 2.45) is 0 Å². The average Bonchev–Trinajstić information content (AvgIpc) is 2.87. The van der Waals surface area contributed by atoms with Gasteiger partial charge in [0.25, 0.3) is 0 Å². The maximum atomic E-state index is 14.7. The maximum Gasteiger partial charge on any atom is 0.162 e. The highest BCUT2D eigenvalue weighted by Crippen LogP contribution is 2.35. The summed E-state index contributed by atoms with van der Waals surface area (Å²) < 4.78 is 39.3. The third-order valence-corrected chi connectivity index (χ3v) is 3.62. The molecule has 1 aliphatic rings. The molecule has 1 unspecified atom stereocenters. The quantitative estimate of drug-likeness (QED) is 0.671. The molecule has 0 saturated carbocycles. The van der Waals surface area contributed by atoms with Crippen LogP contribution < -0.4 is 10.6 Å². The Morgan fingerprint density at radius 2 is 2.24 bits per heavy atom. The smallest absolute Gasteiger partial charge is 0.162 e. The van der Waals surface area contributed by atoms with E-state index < -0.39 is 11.6 Å². The molecule has 0 spiro atoms. The molecule has 1 aromatic carbocycles. The first-order valence-electron chi connectivity index (χ1n) is 6.86. The Balaban J connectivity index is 2.42. The van der Waals surface area contributed by atoms with Crippen LogP contribution in [0.25, 0.3) is 5.76 Å². The van der Waals surface area contributed by atoms with Crippen LogP contribution in [0.2, 0.25) is 0 Å². The number of nitrogens with two attached hydrogens (primary N) is 1. The van der Waals surface area contributed by atoms with Crippen molar-refractivity contribution in [3.8, 4) is 0 Å². The minimum absolute atomic E-state index is 0.0188. The molecule has 2 N–H and O–H groups in total. The first-order chi connectivity index (χ1) is 9.99. The molecule has 0 amide bonds. The van der Waals surface area contributed by atoms with Gasteiger partial charge in [0.1, 0.15) is 11.4 Å². The summed E-state index contributed by atoms with van der Waals surface area (Å²) in [6.07, 6.45) is 0.696. The average molecular weight is 298 g/mol. The lowest BCUT2D eigenvalue weighted by molar-refractivity contribution is 0.121. The van der Waals surface area contributed by atoms with Gasteiger partial charge in [0.05, 0.1) is 18.3 Å². The number of halogens is 2. The highest BCUT2D eigenvalue weighted by Gasteiger charge is 2.29. The van der Waals surface area contributed by atoms with E-state index in [-0.39, 0.29) is 28.8 Å². The van der Waals surface area contributed by atoms with Gasteiger partial charge in [0.2, 0.25) is 0 Å². The highest BCUT2D eigenvalue weighted by atomic mass is 19.1. The third kappa shape index (κ3) is 2.95. The Morgan fingerprint density at radius 3 is 2.81 bits per heavy atom. The molecule has 1 saturated heterocycles. The summed E-state index contributed by atoms with van der Waals surface area (Å²) in [7, 11) is 1.59. The normalized spacial score (nSPS) is 18.1. The van der Waals surface area contributed by atoms with Gasteiger partial charge in [0.15, 0.2) is 11.6 Å². The van der Waals surface area contributed by atoms with Crippen molar-refractivity contribution >= 4 is 17.1 Å². The van der Waals surface area contributed by atoms with E-state index in [1.54, 1.807) is 18.9 Å². The van der Waals surface area contributed by atoms with E-state index in [0.29, 0.717) is 19.7 Å². The minimum atomic E-state index is -0.734. The third-order valence-electron chi connectivity index (χ3n) is 3.62. The second kappa shape index (κ2) is 6.30. The fourth-order valence-electron chi connectivity index (χ4n) is 2.57. The lowest BCUT2D eigenvalue weighted by atomic mass is 10.1. The molecule has 0 radical (unpaired) electrons. The predicted octanol–water partition coefficient (Wildman–Crippen LogP) is 2.78. The number of nitrogen functional groups attached to an aromatic ring is 1. The molecule has 21 heavy (non-hydrogen) atoms. The van der Waals surface area contributed by atoms with E-state index in [9.17, 15) is 8.78 Å². The summed E-state index contributed by atoms with van der Waals surface area (Å²) in [4.78, 5) is 1.63. The number of hydrogen-bond acceptors (Lipinski definition) is 4. The highest BCUT2D eigenvalue weighted by molar-refractivity contribution is 5.75. The van der Waals surface area contributed by atoms with Crippen LogP contribution >= 0.6 is 0 Å². The van der Waals surface area contributed by atoms with Gasteiger partial charge in [0, 0.05) is 25.9 Å². The Labute approximate surface area is 123 Å². The molecular weight excluding hydrogens is 278 g/mol. The summed E-state index contributed by atoms with van der Waals surface area (Å²) in [5.41, 5.74) is 5.62. The van der Waals surface area contributed by atoms with Crippen LogP contribution in [0, 0.1) is 11.6 Å². The first-order valence-corrected chi connectivity index (χ1v) is 6.86. The molecule has 1 heterocycles. The second-order valence-corrected chi connectivity index (χ2v) is 4.93. The Morgan fingerprint density at radius 1 is 1.52 bits per heavy atom. The van der Waals surface area contributed by atoms with E-state index in [0.717, 1.165) is 12.5 Å². The minimum Gasteiger partial charge on any atom is -0.494 e. The summed E-state index contributed by atoms with van der Waals surface area (Å²) in [6, 6.07) is 1.11. The zero-order valence-electron chi connectivity index (χ0n) is 12.3. The van der Waals surface area contributed by atoms with Crippen LogP contribution in [0.5, 0.6) is 0 Å². The van der Waals surface area contributed by atoms with Gasteiger partial charge in [-0.3, -0.25) is 0 Å². The van der Waals surface area contributed by atoms with Crippen molar-refractivity contribution in [2.45, 2.75) is 19.4 Å². The molecule has 1 aliphatic heterocycles. The van der Waals surface area contributed by atoms with Crippen molar-refractivity contribution in [3.05, 3.63) is 29.8 Å². The number of methoxy groups -OCH3 is 1. The van der Waals surface area contributed by atoms with Gasteiger partial charge in [-0.15, -0.1) is 0 Å². The molecule has 0 bridgehead atoms. The summed E-state index contributed by atoms with van der Waals surface area (Å²) in [6.45, 7) is 6.71. The zero-order valence-corrected chi connectivity index (χ0v) is 12.3. The van der Waals surface area contributed by atoms with Crippen LogP contribution in [-0.2, 0) is 9.47 Å². The van der Waals surface area contributed by atoms with E-state index in [1.165, 1.54) is 0 Å². The molecule has 2 rings (SSSR count).